The molecule has 0 unspecified atom stereocenters. The molecule has 9 heteroatoms. The fourth-order valence-corrected chi connectivity index (χ4v) is 3.22. The Hall–Kier alpha value is -3.85. The molecule has 3 aromatic rings. The van der Waals surface area contributed by atoms with E-state index in [0.717, 1.165) is 6.54 Å². The first-order valence-electron chi connectivity index (χ1n) is 10.4. The van der Waals surface area contributed by atoms with Crippen LogP contribution in [0.1, 0.15) is 49.7 Å². The van der Waals surface area contributed by atoms with Crippen LogP contribution in [-0.2, 0) is 0 Å². The van der Waals surface area contributed by atoms with Gasteiger partial charge in [0.1, 0.15) is 17.2 Å². The lowest BCUT2D eigenvalue weighted by atomic mass is 10.1. The van der Waals surface area contributed by atoms with Crippen LogP contribution in [0.5, 0.6) is 0 Å². The number of Topliss-reactive ketones (excluding diaryl/α,β-unsaturated/α-hetero) is 1. The number of hydrogen-bond donors (Lipinski definition) is 3. The van der Waals surface area contributed by atoms with Gasteiger partial charge in [0.15, 0.2) is 5.78 Å². The number of rotatable bonds is 9. The maximum absolute atomic E-state index is 13.1. The third-order valence-electron chi connectivity index (χ3n) is 4.98. The molecule has 0 aliphatic rings. The zero-order valence-corrected chi connectivity index (χ0v) is 18.7. The normalized spacial score (nSPS) is 10.8. The summed E-state index contributed by atoms with van der Waals surface area (Å²) in [5.41, 5.74) is 2.32. The molecule has 0 aliphatic heterocycles. The third kappa shape index (κ3) is 6.33. The number of carbonyl (C=O) groups excluding carboxylic acids is 3. The number of halogens is 1. The smallest absolute Gasteiger partial charge is 0.274 e. The second kappa shape index (κ2) is 10.6. The second-order valence-corrected chi connectivity index (χ2v) is 7.90. The second-order valence-electron chi connectivity index (χ2n) is 7.90. The maximum Gasteiger partial charge on any atom is 0.274 e. The molecule has 0 aliphatic carbocycles. The molecule has 33 heavy (non-hydrogen) atoms. The lowest BCUT2D eigenvalue weighted by Gasteiger charge is -2.11. The minimum absolute atomic E-state index is 0.108. The van der Waals surface area contributed by atoms with Gasteiger partial charge in [0.05, 0.1) is 6.33 Å². The van der Waals surface area contributed by atoms with Crippen LogP contribution in [0.4, 0.5) is 15.8 Å². The van der Waals surface area contributed by atoms with Crippen molar-refractivity contribution in [2.75, 3.05) is 31.3 Å². The highest BCUT2D eigenvalue weighted by Crippen LogP contribution is 2.21. The van der Waals surface area contributed by atoms with Crippen molar-refractivity contribution in [1.82, 2.24) is 14.9 Å². The molecule has 0 radical (unpaired) electrons. The van der Waals surface area contributed by atoms with Gasteiger partial charge in [-0.15, -0.1) is 0 Å². The number of aromatic nitrogens is 2. The molecule has 3 rings (SSSR count). The number of amides is 2. The number of aryl methyl sites for hydroxylation is 1. The predicted octanol–water partition coefficient (Wildman–Crippen LogP) is 3.89. The van der Waals surface area contributed by atoms with Crippen LogP contribution in [-0.4, -0.2) is 53.1 Å². The largest absolute Gasteiger partial charge is 0.340 e. The molecule has 0 spiro atoms. The van der Waals surface area contributed by atoms with E-state index >= 15 is 0 Å². The Labute approximate surface area is 191 Å². The number of aromatic amines is 1. The summed E-state index contributed by atoms with van der Waals surface area (Å²) in [6, 6.07) is 10.2. The minimum Gasteiger partial charge on any atom is -0.340 e. The van der Waals surface area contributed by atoms with E-state index in [2.05, 4.69) is 20.6 Å². The topological polar surface area (TPSA) is 107 Å². The Balaban J connectivity index is 1.65. The molecule has 3 N–H and O–H groups in total. The monoisotopic (exact) mass is 451 g/mol. The molecule has 0 bridgehead atoms. The van der Waals surface area contributed by atoms with Crippen LogP contribution >= 0.6 is 0 Å². The van der Waals surface area contributed by atoms with Gasteiger partial charge < -0.3 is 20.5 Å². The van der Waals surface area contributed by atoms with Crippen molar-refractivity contribution in [3.8, 4) is 0 Å². The summed E-state index contributed by atoms with van der Waals surface area (Å²) in [4.78, 5) is 46.3. The van der Waals surface area contributed by atoms with Crippen LogP contribution in [0, 0.1) is 12.7 Å². The van der Waals surface area contributed by atoms with E-state index in [4.69, 9.17) is 0 Å². The standard InChI is InChI=1S/C24H26FN5O3/c1-15-13-18(10-11-19(15)29-23(32)16-6-8-17(25)9-7-16)28-24(33)22-21(26-14-27-22)20(31)5-4-12-30(2)3/h6-11,13-14H,4-5,12H2,1-3H3,(H,26,27)(H,28,33)(H,29,32). The lowest BCUT2D eigenvalue weighted by Crippen LogP contribution is -2.18. The van der Waals surface area contributed by atoms with Crippen LogP contribution in [0.15, 0.2) is 48.8 Å². The van der Waals surface area contributed by atoms with Crippen molar-refractivity contribution in [2.24, 2.45) is 0 Å². The molecular weight excluding hydrogens is 425 g/mol. The van der Waals surface area contributed by atoms with E-state index in [1.165, 1.54) is 30.6 Å². The van der Waals surface area contributed by atoms with Crippen LogP contribution in [0.25, 0.3) is 0 Å². The summed E-state index contributed by atoms with van der Waals surface area (Å²) >= 11 is 0. The van der Waals surface area contributed by atoms with Gasteiger partial charge in [0.2, 0.25) is 0 Å². The third-order valence-corrected chi connectivity index (χ3v) is 4.98. The molecule has 2 amide bonds. The molecule has 0 saturated heterocycles. The van der Waals surface area contributed by atoms with Crippen molar-refractivity contribution in [3.05, 3.63) is 77.1 Å². The van der Waals surface area contributed by atoms with E-state index in [9.17, 15) is 18.8 Å². The van der Waals surface area contributed by atoms with Gasteiger partial charge in [-0.2, -0.15) is 0 Å². The van der Waals surface area contributed by atoms with Gasteiger partial charge in [-0.1, -0.05) is 0 Å². The molecule has 2 aromatic carbocycles. The highest BCUT2D eigenvalue weighted by atomic mass is 19.1. The Morgan fingerprint density at radius 1 is 1.03 bits per heavy atom. The number of nitrogens with zero attached hydrogens (tertiary/aromatic N) is 2. The molecule has 1 aromatic heterocycles. The quantitative estimate of drug-likeness (QED) is 0.428. The molecular formula is C24H26FN5O3. The lowest BCUT2D eigenvalue weighted by molar-refractivity contribution is 0.0955. The zero-order valence-electron chi connectivity index (χ0n) is 18.7. The van der Waals surface area contributed by atoms with Crippen molar-refractivity contribution in [3.63, 3.8) is 0 Å². The Bertz CT molecular complexity index is 1160. The molecule has 0 atom stereocenters. The van der Waals surface area contributed by atoms with Crippen molar-refractivity contribution in [2.45, 2.75) is 19.8 Å². The summed E-state index contributed by atoms with van der Waals surface area (Å²) in [6.45, 7) is 2.55. The van der Waals surface area contributed by atoms with Gasteiger partial charge >= 0.3 is 0 Å². The first kappa shape index (κ1) is 23.8. The van der Waals surface area contributed by atoms with E-state index in [1.54, 1.807) is 25.1 Å². The van der Waals surface area contributed by atoms with E-state index < -0.39 is 11.7 Å². The van der Waals surface area contributed by atoms with E-state index in [1.807, 2.05) is 19.0 Å². The van der Waals surface area contributed by atoms with Gasteiger partial charge in [0.25, 0.3) is 11.8 Å². The molecule has 1 heterocycles. The number of hydrogen-bond acceptors (Lipinski definition) is 5. The summed E-state index contributed by atoms with van der Waals surface area (Å²) in [7, 11) is 3.86. The zero-order chi connectivity index (χ0) is 24.0. The van der Waals surface area contributed by atoms with Crippen LogP contribution in [0.2, 0.25) is 0 Å². The molecule has 0 saturated carbocycles. The van der Waals surface area contributed by atoms with Crippen molar-refractivity contribution < 1.29 is 18.8 Å². The summed E-state index contributed by atoms with van der Waals surface area (Å²) in [5.74, 6) is -1.47. The van der Waals surface area contributed by atoms with Crippen molar-refractivity contribution >= 4 is 29.0 Å². The fraction of sp³-hybridized carbons (Fsp3) is 0.250. The van der Waals surface area contributed by atoms with Crippen molar-refractivity contribution in [1.29, 1.82) is 0 Å². The average molecular weight is 452 g/mol. The first-order valence-corrected chi connectivity index (χ1v) is 10.4. The van der Waals surface area contributed by atoms with E-state index in [-0.39, 0.29) is 23.1 Å². The van der Waals surface area contributed by atoms with E-state index in [0.29, 0.717) is 35.3 Å². The SMILES string of the molecule is Cc1cc(NC(=O)c2[nH]cnc2C(=O)CCCN(C)C)ccc1NC(=O)c1ccc(F)cc1. The summed E-state index contributed by atoms with van der Waals surface area (Å²) < 4.78 is 13.1. The van der Waals surface area contributed by atoms with Gasteiger partial charge in [-0.3, -0.25) is 14.4 Å². The molecule has 0 fully saturated rings. The highest BCUT2D eigenvalue weighted by Gasteiger charge is 2.20. The van der Waals surface area contributed by atoms with Crippen LogP contribution < -0.4 is 10.6 Å². The van der Waals surface area contributed by atoms with Gasteiger partial charge in [-0.25, -0.2) is 9.37 Å². The number of benzene rings is 2. The predicted molar refractivity (Wildman–Crippen MR) is 124 cm³/mol. The first-order chi connectivity index (χ1) is 15.7. The number of carbonyl (C=O) groups is 3. The number of H-pyrrole nitrogens is 1. The number of imidazole rings is 1. The Morgan fingerprint density at radius 2 is 1.76 bits per heavy atom. The maximum atomic E-state index is 13.1. The van der Waals surface area contributed by atoms with Gasteiger partial charge in [-0.05, 0) is 82.0 Å². The Morgan fingerprint density at radius 3 is 2.42 bits per heavy atom. The average Bonchev–Trinajstić information content (AvgIpc) is 3.26. The fourth-order valence-electron chi connectivity index (χ4n) is 3.22. The summed E-state index contributed by atoms with van der Waals surface area (Å²) in [5, 5.41) is 5.52. The molecule has 172 valence electrons. The highest BCUT2D eigenvalue weighted by molar-refractivity contribution is 6.11. The number of anilines is 2. The minimum atomic E-state index is -0.481. The number of ketones is 1. The van der Waals surface area contributed by atoms with Gasteiger partial charge in [0, 0.05) is 23.4 Å². The molecule has 8 nitrogen and oxygen atoms in total. The number of nitrogens with one attached hydrogen (secondary N) is 3. The van der Waals surface area contributed by atoms with Crippen LogP contribution in [0.3, 0.4) is 0 Å². The summed E-state index contributed by atoms with van der Waals surface area (Å²) in [6.07, 6.45) is 2.29. The Kier molecular flexibility index (Phi) is 7.68.